The molecule has 0 fully saturated rings. The summed E-state index contributed by atoms with van der Waals surface area (Å²) < 4.78 is 0. The molecule has 0 saturated heterocycles. The van der Waals surface area contributed by atoms with Crippen molar-refractivity contribution < 1.29 is 0 Å². The van der Waals surface area contributed by atoms with Crippen molar-refractivity contribution in [3.63, 3.8) is 0 Å². The lowest BCUT2D eigenvalue weighted by atomic mass is 10.1. The van der Waals surface area contributed by atoms with Crippen LogP contribution in [0.15, 0.2) is 65.8 Å². The fourth-order valence-electron chi connectivity index (χ4n) is 3.82. The molecule has 4 N–H and O–H groups in total. The van der Waals surface area contributed by atoms with Crippen LogP contribution in [0.2, 0.25) is 0 Å². The lowest BCUT2D eigenvalue weighted by molar-refractivity contribution is 0.991. The van der Waals surface area contributed by atoms with Gasteiger partial charge in [-0.2, -0.15) is 4.98 Å². The van der Waals surface area contributed by atoms with Gasteiger partial charge in [-0.25, -0.2) is 4.98 Å². The van der Waals surface area contributed by atoms with Gasteiger partial charge in [0, 0.05) is 57.0 Å². The van der Waals surface area contributed by atoms with Gasteiger partial charge in [0.05, 0.1) is 0 Å². The van der Waals surface area contributed by atoms with E-state index in [0.717, 1.165) is 35.7 Å². The molecule has 7 heteroatoms. The first-order chi connectivity index (χ1) is 15.2. The number of fused-ring (bicyclic) bond motifs is 2. The molecule has 0 radical (unpaired) electrons. The number of nitrogens with one attached hydrogen (secondary N) is 4. The minimum atomic E-state index is 0.619. The van der Waals surface area contributed by atoms with Gasteiger partial charge >= 0.3 is 0 Å². The number of nitrogens with zero attached hydrogens (tertiary/aromatic N) is 2. The van der Waals surface area contributed by atoms with Crippen molar-refractivity contribution >= 4 is 51.0 Å². The lowest BCUT2D eigenvalue weighted by Gasteiger charge is -2.09. The molecule has 31 heavy (non-hydrogen) atoms. The van der Waals surface area contributed by atoms with Crippen molar-refractivity contribution in [1.29, 1.82) is 0 Å². The summed E-state index contributed by atoms with van der Waals surface area (Å²) in [6, 6.07) is 16.8. The van der Waals surface area contributed by atoms with E-state index >= 15 is 0 Å². The first-order valence-electron chi connectivity index (χ1n) is 10.3. The molecule has 3 aromatic heterocycles. The number of hydrogen-bond donors (Lipinski definition) is 4. The van der Waals surface area contributed by atoms with Crippen LogP contribution in [0, 0.1) is 6.92 Å². The largest absolute Gasteiger partial charge is 0.361 e. The zero-order valence-corrected chi connectivity index (χ0v) is 18.3. The third-order valence-corrected chi connectivity index (χ3v) is 6.06. The summed E-state index contributed by atoms with van der Waals surface area (Å²) in [4.78, 5) is 17.0. The van der Waals surface area contributed by atoms with Gasteiger partial charge in [0.1, 0.15) is 5.82 Å². The number of rotatable bonds is 7. The van der Waals surface area contributed by atoms with E-state index in [1.165, 1.54) is 26.7 Å². The number of anilines is 3. The molecule has 0 aliphatic heterocycles. The summed E-state index contributed by atoms with van der Waals surface area (Å²) >= 11 is 1.76. The Hall–Kier alpha value is -3.45. The fraction of sp³-hybridized carbons (Fsp3) is 0.167. The second-order valence-corrected chi connectivity index (χ2v) is 8.43. The molecule has 2 aromatic carbocycles. The number of aromatic amines is 2. The summed E-state index contributed by atoms with van der Waals surface area (Å²) in [5, 5.41) is 9.18. The molecule has 0 spiro atoms. The highest BCUT2D eigenvalue weighted by molar-refractivity contribution is 7.98. The number of H-pyrrole nitrogens is 2. The van der Waals surface area contributed by atoms with Gasteiger partial charge in [0.25, 0.3) is 0 Å². The Kier molecular flexibility index (Phi) is 5.26. The molecule has 6 nitrogen and oxygen atoms in total. The van der Waals surface area contributed by atoms with Crippen LogP contribution in [0.1, 0.15) is 11.3 Å². The minimum Gasteiger partial charge on any atom is -0.361 e. The summed E-state index contributed by atoms with van der Waals surface area (Å²) in [5.74, 6) is 1.38. The van der Waals surface area contributed by atoms with Crippen LogP contribution in [-0.4, -0.2) is 32.7 Å². The Bertz CT molecular complexity index is 1350. The second kappa shape index (κ2) is 8.35. The van der Waals surface area contributed by atoms with E-state index in [-0.39, 0.29) is 0 Å². The van der Waals surface area contributed by atoms with Crippen molar-refractivity contribution in [2.75, 3.05) is 23.4 Å². The molecule has 0 unspecified atom stereocenters. The number of aryl methyl sites for hydroxylation is 1. The number of hydrogen-bond acceptors (Lipinski definition) is 5. The molecular formula is C24H24N6S. The third kappa shape index (κ3) is 4.22. The molecule has 0 aliphatic carbocycles. The number of aromatic nitrogens is 4. The van der Waals surface area contributed by atoms with Crippen LogP contribution in [0.4, 0.5) is 17.5 Å². The third-order valence-electron chi connectivity index (χ3n) is 5.34. The topological polar surface area (TPSA) is 81.4 Å². The first-order valence-corrected chi connectivity index (χ1v) is 11.5. The monoisotopic (exact) mass is 428 g/mol. The van der Waals surface area contributed by atoms with Gasteiger partial charge in [-0.05, 0) is 73.7 Å². The van der Waals surface area contributed by atoms with E-state index in [9.17, 15) is 0 Å². The molecule has 156 valence electrons. The average Bonchev–Trinajstić information content (AvgIpc) is 3.35. The molecule has 5 aromatic rings. The predicted molar refractivity (Wildman–Crippen MR) is 131 cm³/mol. The van der Waals surface area contributed by atoms with Gasteiger partial charge in [-0.3, -0.25) is 0 Å². The molecule has 0 atom stereocenters. The van der Waals surface area contributed by atoms with E-state index < -0.39 is 0 Å². The molecule has 3 heterocycles. The van der Waals surface area contributed by atoms with Gasteiger partial charge < -0.3 is 20.6 Å². The Morgan fingerprint density at radius 2 is 1.94 bits per heavy atom. The summed E-state index contributed by atoms with van der Waals surface area (Å²) in [7, 11) is 0. The zero-order valence-electron chi connectivity index (χ0n) is 17.5. The lowest BCUT2D eigenvalue weighted by Crippen LogP contribution is -2.08. The fourth-order valence-corrected chi connectivity index (χ4v) is 4.26. The van der Waals surface area contributed by atoms with Crippen molar-refractivity contribution in [3.05, 3.63) is 72.2 Å². The Morgan fingerprint density at radius 3 is 2.84 bits per heavy atom. The molecule has 0 amide bonds. The normalized spacial score (nSPS) is 11.3. The highest BCUT2D eigenvalue weighted by Gasteiger charge is 2.06. The molecular weight excluding hydrogens is 404 g/mol. The van der Waals surface area contributed by atoms with E-state index in [2.05, 4.69) is 86.3 Å². The highest BCUT2D eigenvalue weighted by Crippen LogP contribution is 2.25. The van der Waals surface area contributed by atoms with Crippen LogP contribution >= 0.6 is 11.8 Å². The maximum absolute atomic E-state index is 4.61. The highest BCUT2D eigenvalue weighted by atomic mass is 32.2. The van der Waals surface area contributed by atoms with Gasteiger partial charge in [0.15, 0.2) is 0 Å². The first kappa shape index (κ1) is 19.5. The number of thioether (sulfide) groups is 1. The van der Waals surface area contributed by atoms with Gasteiger partial charge in [0.2, 0.25) is 5.95 Å². The van der Waals surface area contributed by atoms with E-state index in [4.69, 9.17) is 0 Å². The maximum atomic E-state index is 4.61. The Morgan fingerprint density at radius 1 is 1.03 bits per heavy atom. The van der Waals surface area contributed by atoms with Crippen LogP contribution in [0.3, 0.4) is 0 Å². The van der Waals surface area contributed by atoms with Crippen LogP contribution in [0.5, 0.6) is 0 Å². The van der Waals surface area contributed by atoms with Gasteiger partial charge in [-0.15, -0.1) is 11.8 Å². The standard InChI is InChI=1S/C24H24N6S/c1-15-11-17-12-18(3-5-21(17)28-15)29-23-8-10-26-24(30-23)25-9-7-16-14-27-22-6-4-19(31-2)13-20(16)22/h3-6,8,10-14,27-28H,7,9H2,1-2H3,(H2,25,26,29,30). The van der Waals surface area contributed by atoms with Crippen LogP contribution in [-0.2, 0) is 6.42 Å². The molecule has 0 aliphatic rings. The smallest absolute Gasteiger partial charge is 0.224 e. The van der Waals surface area contributed by atoms with Crippen LogP contribution < -0.4 is 10.6 Å². The predicted octanol–water partition coefficient (Wildman–Crippen LogP) is 5.87. The second-order valence-electron chi connectivity index (χ2n) is 7.55. The zero-order chi connectivity index (χ0) is 21.2. The summed E-state index contributed by atoms with van der Waals surface area (Å²) in [6.45, 7) is 2.82. The summed E-state index contributed by atoms with van der Waals surface area (Å²) in [5.41, 5.74) is 5.75. The van der Waals surface area contributed by atoms with Gasteiger partial charge in [-0.1, -0.05) is 0 Å². The van der Waals surface area contributed by atoms with Crippen molar-refractivity contribution in [1.82, 2.24) is 19.9 Å². The Labute approximate surface area is 184 Å². The van der Waals surface area contributed by atoms with Crippen LogP contribution in [0.25, 0.3) is 21.8 Å². The van der Waals surface area contributed by atoms with E-state index in [1.807, 2.05) is 12.1 Å². The summed E-state index contributed by atoms with van der Waals surface area (Å²) in [6.07, 6.45) is 6.86. The molecule has 0 saturated carbocycles. The Balaban J connectivity index is 1.25. The average molecular weight is 429 g/mol. The maximum Gasteiger partial charge on any atom is 0.224 e. The van der Waals surface area contributed by atoms with Crippen molar-refractivity contribution in [2.45, 2.75) is 18.2 Å². The molecule has 5 rings (SSSR count). The quantitative estimate of drug-likeness (QED) is 0.244. The molecule has 0 bridgehead atoms. The minimum absolute atomic E-state index is 0.619. The van der Waals surface area contributed by atoms with Crippen molar-refractivity contribution in [3.8, 4) is 0 Å². The number of benzene rings is 2. The van der Waals surface area contributed by atoms with E-state index in [1.54, 1.807) is 18.0 Å². The van der Waals surface area contributed by atoms with Crippen molar-refractivity contribution in [2.24, 2.45) is 0 Å². The SMILES string of the molecule is CSc1ccc2[nH]cc(CCNc3nccc(Nc4ccc5[nH]c(C)cc5c4)n3)c2c1. The van der Waals surface area contributed by atoms with E-state index in [0.29, 0.717) is 5.95 Å².